The molecule has 0 aliphatic heterocycles. The lowest BCUT2D eigenvalue weighted by atomic mass is 9.99. The second-order valence-corrected chi connectivity index (χ2v) is 7.36. The van der Waals surface area contributed by atoms with Crippen molar-refractivity contribution in [3.8, 4) is 17.2 Å². The largest absolute Gasteiger partial charge is 0.309 e. The van der Waals surface area contributed by atoms with E-state index in [-0.39, 0.29) is 0 Å². The molecule has 28 heavy (non-hydrogen) atoms. The Morgan fingerprint density at radius 1 is 1.18 bits per heavy atom. The van der Waals surface area contributed by atoms with Gasteiger partial charge < -0.3 is 4.90 Å². The minimum atomic E-state index is 0.632. The highest BCUT2D eigenvalue weighted by Crippen LogP contribution is 2.21. The average Bonchev–Trinajstić information content (AvgIpc) is 3.36. The van der Waals surface area contributed by atoms with Crippen molar-refractivity contribution in [1.82, 2.24) is 39.4 Å². The molecule has 0 aliphatic carbocycles. The Hall–Kier alpha value is -2.61. The van der Waals surface area contributed by atoms with E-state index >= 15 is 0 Å². The average molecular weight is 383 g/mol. The van der Waals surface area contributed by atoms with Crippen molar-refractivity contribution in [1.29, 1.82) is 0 Å². The second-order valence-electron chi connectivity index (χ2n) is 7.36. The highest BCUT2D eigenvalue weighted by molar-refractivity contribution is 5.56. The zero-order chi connectivity index (χ0) is 19.9. The molecule has 0 saturated carbocycles. The van der Waals surface area contributed by atoms with Crippen LogP contribution in [0.25, 0.3) is 17.2 Å². The van der Waals surface area contributed by atoms with Crippen molar-refractivity contribution >= 4 is 0 Å². The third-order valence-corrected chi connectivity index (χ3v) is 5.01. The van der Waals surface area contributed by atoms with E-state index in [1.807, 2.05) is 12.1 Å². The Morgan fingerprint density at radius 3 is 2.68 bits per heavy atom. The van der Waals surface area contributed by atoms with Crippen LogP contribution in [0.15, 0.2) is 31.0 Å². The van der Waals surface area contributed by atoms with Crippen LogP contribution in [-0.2, 0) is 13.0 Å². The first-order chi connectivity index (χ1) is 13.6. The Bertz CT molecular complexity index is 849. The molecule has 0 radical (unpaired) electrons. The number of hydrogen-bond donors (Lipinski definition) is 0. The fourth-order valence-electron chi connectivity index (χ4n) is 3.21. The van der Waals surface area contributed by atoms with Gasteiger partial charge in [-0.15, -0.1) is 0 Å². The first kappa shape index (κ1) is 20.1. The number of hydrogen-bond acceptors (Lipinski definition) is 6. The molecule has 0 spiro atoms. The molecule has 150 valence electrons. The normalized spacial score (nSPS) is 11.6. The van der Waals surface area contributed by atoms with Gasteiger partial charge in [-0.2, -0.15) is 10.2 Å². The van der Waals surface area contributed by atoms with Gasteiger partial charge in [0.15, 0.2) is 11.6 Å². The van der Waals surface area contributed by atoms with Gasteiger partial charge >= 0.3 is 0 Å². The lowest BCUT2D eigenvalue weighted by Gasteiger charge is -2.13. The predicted octanol–water partition coefficient (Wildman–Crippen LogP) is 2.85. The van der Waals surface area contributed by atoms with Crippen LogP contribution in [-0.4, -0.2) is 60.1 Å². The van der Waals surface area contributed by atoms with Crippen LogP contribution < -0.4 is 0 Å². The summed E-state index contributed by atoms with van der Waals surface area (Å²) in [5.74, 6) is 3.16. The van der Waals surface area contributed by atoms with Gasteiger partial charge in [0.25, 0.3) is 0 Å². The van der Waals surface area contributed by atoms with Gasteiger partial charge in [-0.05, 0) is 45.1 Å². The summed E-state index contributed by atoms with van der Waals surface area (Å²) in [6.45, 7) is 6.40. The topological polar surface area (TPSA) is 77.5 Å². The van der Waals surface area contributed by atoms with Crippen LogP contribution in [0, 0.1) is 5.92 Å². The molecule has 3 heterocycles. The number of nitrogens with zero attached hydrogens (tertiary/aromatic N) is 8. The van der Waals surface area contributed by atoms with Crippen LogP contribution >= 0.6 is 0 Å². The first-order valence-electron chi connectivity index (χ1n) is 10.0. The molecule has 0 aliphatic rings. The number of aromatic nitrogens is 7. The maximum Gasteiger partial charge on any atom is 0.181 e. The minimum absolute atomic E-state index is 0.632. The summed E-state index contributed by atoms with van der Waals surface area (Å²) >= 11 is 0. The van der Waals surface area contributed by atoms with Crippen LogP contribution in [0.1, 0.15) is 38.9 Å². The Morgan fingerprint density at radius 2 is 2.00 bits per heavy atom. The lowest BCUT2D eigenvalue weighted by Crippen LogP contribution is -2.17. The van der Waals surface area contributed by atoms with Gasteiger partial charge in [0.1, 0.15) is 18.5 Å². The number of pyridine rings is 1. The lowest BCUT2D eigenvalue weighted by molar-refractivity contribution is 0.374. The molecule has 0 bridgehead atoms. The van der Waals surface area contributed by atoms with E-state index in [4.69, 9.17) is 10.1 Å². The molecule has 0 atom stereocenters. The molecule has 0 aromatic carbocycles. The smallest absolute Gasteiger partial charge is 0.181 e. The van der Waals surface area contributed by atoms with Gasteiger partial charge in [0.2, 0.25) is 0 Å². The standard InChI is InChI=1S/C20H30N8/c1-5-16(6-2)12-19-24-20(25-27(19)11-7-10-26(3)4)17-8-9-22-18(13-17)28-15-21-14-23-28/h8-9,13-16H,5-7,10-12H2,1-4H3. The summed E-state index contributed by atoms with van der Waals surface area (Å²) in [6, 6.07) is 3.90. The third-order valence-electron chi connectivity index (χ3n) is 5.01. The van der Waals surface area contributed by atoms with Crippen molar-refractivity contribution in [2.75, 3.05) is 20.6 Å². The van der Waals surface area contributed by atoms with Crippen LogP contribution in [0.4, 0.5) is 0 Å². The molecule has 3 aromatic rings. The van der Waals surface area contributed by atoms with Crippen LogP contribution in [0.5, 0.6) is 0 Å². The molecular weight excluding hydrogens is 352 g/mol. The molecule has 3 rings (SSSR count). The second kappa shape index (κ2) is 9.54. The van der Waals surface area contributed by atoms with Gasteiger partial charge in [-0.3, -0.25) is 0 Å². The zero-order valence-corrected chi connectivity index (χ0v) is 17.3. The highest BCUT2D eigenvalue weighted by atomic mass is 15.4. The van der Waals surface area contributed by atoms with E-state index in [0.29, 0.717) is 11.7 Å². The Labute approximate surface area is 166 Å². The SMILES string of the molecule is CCC(CC)Cc1nc(-c2ccnc(-n3cncn3)c2)nn1CCCN(C)C. The van der Waals surface area contributed by atoms with Crippen molar-refractivity contribution < 1.29 is 0 Å². The Kier molecular flexibility index (Phi) is 6.86. The number of rotatable bonds is 10. The van der Waals surface area contributed by atoms with Crippen molar-refractivity contribution in [3.63, 3.8) is 0 Å². The maximum atomic E-state index is 4.90. The van der Waals surface area contributed by atoms with E-state index < -0.39 is 0 Å². The summed E-state index contributed by atoms with van der Waals surface area (Å²) in [5.41, 5.74) is 0.942. The molecule has 0 N–H and O–H groups in total. The molecule has 0 unspecified atom stereocenters. The van der Waals surface area contributed by atoms with Gasteiger partial charge in [0, 0.05) is 24.7 Å². The molecular formula is C20H30N8. The summed E-state index contributed by atoms with van der Waals surface area (Å²) in [7, 11) is 4.20. The molecule has 0 saturated heterocycles. The van der Waals surface area contributed by atoms with Gasteiger partial charge in [-0.1, -0.05) is 26.7 Å². The predicted molar refractivity (Wildman–Crippen MR) is 109 cm³/mol. The fourth-order valence-corrected chi connectivity index (χ4v) is 3.21. The molecule has 3 aromatic heterocycles. The van der Waals surface area contributed by atoms with Gasteiger partial charge in [0.05, 0.1) is 0 Å². The minimum Gasteiger partial charge on any atom is -0.309 e. The summed E-state index contributed by atoms with van der Waals surface area (Å²) < 4.78 is 3.73. The monoisotopic (exact) mass is 382 g/mol. The number of aryl methyl sites for hydroxylation is 1. The summed E-state index contributed by atoms with van der Waals surface area (Å²) in [5, 5.41) is 8.99. The molecule has 0 fully saturated rings. The van der Waals surface area contributed by atoms with Crippen molar-refractivity contribution in [2.45, 2.75) is 46.1 Å². The van der Waals surface area contributed by atoms with Crippen molar-refractivity contribution in [3.05, 3.63) is 36.8 Å². The van der Waals surface area contributed by atoms with Crippen LogP contribution in [0.2, 0.25) is 0 Å². The zero-order valence-electron chi connectivity index (χ0n) is 17.3. The highest BCUT2D eigenvalue weighted by Gasteiger charge is 2.16. The fraction of sp³-hybridized carbons (Fsp3) is 0.550. The third kappa shape index (κ3) is 5.01. The Balaban J connectivity index is 1.88. The quantitative estimate of drug-likeness (QED) is 0.537. The van der Waals surface area contributed by atoms with Crippen molar-refractivity contribution in [2.24, 2.45) is 5.92 Å². The van der Waals surface area contributed by atoms with E-state index in [9.17, 15) is 0 Å². The first-order valence-corrected chi connectivity index (χ1v) is 10.0. The van der Waals surface area contributed by atoms with Gasteiger partial charge in [-0.25, -0.2) is 24.3 Å². The summed E-state index contributed by atoms with van der Waals surface area (Å²) in [4.78, 5) is 15.5. The van der Waals surface area contributed by atoms with E-state index in [2.05, 4.69) is 52.6 Å². The van der Waals surface area contributed by atoms with E-state index in [1.54, 1.807) is 17.2 Å². The van der Waals surface area contributed by atoms with Crippen LogP contribution in [0.3, 0.4) is 0 Å². The molecule has 8 heteroatoms. The van der Waals surface area contributed by atoms with E-state index in [1.165, 1.54) is 6.33 Å². The summed E-state index contributed by atoms with van der Waals surface area (Å²) in [6.07, 6.45) is 9.22. The molecule has 8 nitrogen and oxygen atoms in total. The van der Waals surface area contributed by atoms with E-state index in [0.717, 1.165) is 56.0 Å². The molecule has 0 amide bonds. The maximum absolute atomic E-state index is 4.90.